The molecule has 2 aromatic heterocycles. The van der Waals surface area contributed by atoms with Crippen LogP contribution in [0, 0.1) is 11.3 Å². The number of benzene rings is 1. The van der Waals surface area contributed by atoms with Crippen LogP contribution in [-0.4, -0.2) is 79.2 Å². The molecule has 1 aromatic carbocycles. The summed E-state index contributed by atoms with van der Waals surface area (Å²) in [5.74, 6) is 1.05. The van der Waals surface area contributed by atoms with Crippen LogP contribution in [0.1, 0.15) is 37.0 Å². The van der Waals surface area contributed by atoms with Gasteiger partial charge in [0, 0.05) is 50.0 Å². The van der Waals surface area contributed by atoms with E-state index in [0.29, 0.717) is 65.7 Å². The van der Waals surface area contributed by atoms with Gasteiger partial charge in [0.1, 0.15) is 35.4 Å². The van der Waals surface area contributed by atoms with Gasteiger partial charge >= 0.3 is 0 Å². The number of likely N-dealkylation sites (tertiary alicyclic amines) is 1. The number of aliphatic hydroxyl groups excluding tert-OH is 1. The Balaban J connectivity index is 1.23. The van der Waals surface area contributed by atoms with Crippen LogP contribution in [-0.2, 0) is 14.2 Å². The van der Waals surface area contributed by atoms with E-state index < -0.39 is 6.23 Å². The molecule has 10 nitrogen and oxygen atoms in total. The van der Waals surface area contributed by atoms with Crippen molar-refractivity contribution in [3.8, 4) is 22.9 Å². The summed E-state index contributed by atoms with van der Waals surface area (Å²) in [5.41, 5.74) is 4.12. The molecule has 10 heteroatoms. The molecule has 1 N–H and O–H groups in total. The lowest BCUT2D eigenvalue weighted by atomic mass is 10.0. The summed E-state index contributed by atoms with van der Waals surface area (Å²) < 4.78 is 29.0. The maximum atomic E-state index is 10.9. The monoisotopic (exact) mass is 570 g/mol. The highest BCUT2D eigenvalue weighted by Crippen LogP contribution is 2.35. The number of hydrogen-bond donors (Lipinski definition) is 1. The van der Waals surface area contributed by atoms with Gasteiger partial charge in [0.2, 0.25) is 0 Å². The lowest BCUT2D eigenvalue weighted by Gasteiger charge is -2.35. The van der Waals surface area contributed by atoms with Gasteiger partial charge < -0.3 is 28.5 Å². The van der Waals surface area contributed by atoms with Crippen LogP contribution in [0.15, 0.2) is 64.5 Å². The number of pyridine rings is 1. The zero-order valence-corrected chi connectivity index (χ0v) is 23.6. The molecule has 0 amide bonds. The molecule has 5 heterocycles. The molecule has 218 valence electrons. The van der Waals surface area contributed by atoms with Crippen molar-refractivity contribution < 1.29 is 28.5 Å². The lowest BCUT2D eigenvalue weighted by Crippen LogP contribution is -2.48. The van der Waals surface area contributed by atoms with Gasteiger partial charge in [-0.05, 0) is 36.6 Å². The van der Waals surface area contributed by atoms with Gasteiger partial charge in [0.15, 0.2) is 5.58 Å². The van der Waals surface area contributed by atoms with Crippen molar-refractivity contribution in [3.63, 3.8) is 0 Å². The van der Waals surface area contributed by atoms with Crippen LogP contribution in [0.4, 0.5) is 0 Å². The molecule has 2 bridgehead atoms. The van der Waals surface area contributed by atoms with E-state index in [1.54, 1.807) is 19.5 Å². The molecule has 0 spiro atoms. The number of morpholine rings is 1. The molecule has 3 aliphatic heterocycles. The number of hydrogen-bond acceptors (Lipinski definition) is 10. The summed E-state index contributed by atoms with van der Waals surface area (Å²) >= 11 is 0. The predicted octanol–water partition coefficient (Wildman–Crippen LogP) is 4.68. The van der Waals surface area contributed by atoms with Crippen LogP contribution < -0.4 is 4.74 Å². The zero-order valence-electron chi connectivity index (χ0n) is 23.6. The van der Waals surface area contributed by atoms with Gasteiger partial charge in [-0.15, -0.1) is 0 Å². The summed E-state index contributed by atoms with van der Waals surface area (Å²) in [6.07, 6.45) is 7.84. The Kier molecular flexibility index (Phi) is 8.35. The molecule has 3 unspecified atom stereocenters. The minimum Gasteiger partial charge on any atom is -0.504 e. The molecule has 42 heavy (non-hydrogen) atoms. The van der Waals surface area contributed by atoms with Crippen LogP contribution >= 0.6 is 0 Å². The number of allylic oxidation sites excluding steroid dienone is 1. The molecule has 0 saturated carbocycles. The molecule has 3 saturated heterocycles. The molecule has 0 radical (unpaired) electrons. The number of aliphatic hydroxyl groups is 1. The topological polar surface area (TPSA) is 123 Å². The van der Waals surface area contributed by atoms with E-state index in [2.05, 4.69) is 22.6 Å². The van der Waals surface area contributed by atoms with Crippen LogP contribution in [0.3, 0.4) is 0 Å². The number of nitriles is 1. The van der Waals surface area contributed by atoms with E-state index in [1.165, 1.54) is 6.26 Å². The van der Waals surface area contributed by atoms with E-state index in [1.807, 2.05) is 35.2 Å². The Bertz CT molecular complexity index is 1540. The quantitative estimate of drug-likeness (QED) is 0.289. The molecule has 0 aliphatic carbocycles. The SMILES string of the molecule is C=C(/N=C\C(=C\OC)c1cc2nccc(-c3ccc(OC4CCOCC4)c(C#N)c3)c2o1)C(O)N1CC2CCC(C1)O2. The largest absolute Gasteiger partial charge is 0.504 e. The third-order valence-electron chi connectivity index (χ3n) is 7.90. The highest BCUT2D eigenvalue weighted by atomic mass is 16.5. The van der Waals surface area contributed by atoms with E-state index in [0.717, 1.165) is 36.8 Å². The van der Waals surface area contributed by atoms with Gasteiger partial charge in [0.25, 0.3) is 0 Å². The van der Waals surface area contributed by atoms with Crippen molar-refractivity contribution in [2.24, 2.45) is 4.99 Å². The average Bonchev–Trinajstić information content (AvgIpc) is 3.61. The third kappa shape index (κ3) is 5.96. The van der Waals surface area contributed by atoms with E-state index in [9.17, 15) is 10.4 Å². The minimum atomic E-state index is -0.909. The number of aliphatic imine (C=N–C) groups is 1. The maximum Gasteiger partial charge on any atom is 0.161 e. The first-order chi connectivity index (χ1) is 20.5. The Morgan fingerprint density at radius 1 is 1.19 bits per heavy atom. The highest BCUT2D eigenvalue weighted by molar-refractivity contribution is 6.10. The summed E-state index contributed by atoms with van der Waals surface area (Å²) in [6.45, 7) is 6.63. The van der Waals surface area contributed by atoms with Gasteiger partial charge in [-0.1, -0.05) is 12.6 Å². The van der Waals surface area contributed by atoms with Gasteiger partial charge in [0.05, 0.1) is 55.6 Å². The zero-order chi connectivity index (χ0) is 29.1. The first-order valence-electron chi connectivity index (χ1n) is 14.2. The second-order valence-electron chi connectivity index (χ2n) is 10.8. The Morgan fingerprint density at radius 3 is 2.71 bits per heavy atom. The smallest absolute Gasteiger partial charge is 0.161 e. The first kappa shape index (κ1) is 28.1. The van der Waals surface area contributed by atoms with E-state index in [-0.39, 0.29) is 18.3 Å². The summed E-state index contributed by atoms with van der Waals surface area (Å²) in [7, 11) is 1.54. The lowest BCUT2D eigenvalue weighted by molar-refractivity contribution is -0.0882. The number of rotatable bonds is 9. The molecule has 3 aliphatic rings. The van der Waals surface area contributed by atoms with E-state index >= 15 is 0 Å². The normalized spacial score (nSPS) is 22.4. The molecule has 3 aromatic rings. The number of ether oxygens (including phenoxy) is 4. The fourth-order valence-corrected chi connectivity index (χ4v) is 5.72. The third-order valence-corrected chi connectivity index (χ3v) is 7.90. The van der Waals surface area contributed by atoms with Crippen molar-refractivity contribution in [2.45, 2.75) is 50.2 Å². The maximum absolute atomic E-state index is 10.9. The average molecular weight is 571 g/mol. The van der Waals surface area contributed by atoms with Crippen LogP contribution in [0.25, 0.3) is 27.8 Å². The molecular formula is C32H34N4O6. The number of aromatic nitrogens is 1. The van der Waals surface area contributed by atoms with Crippen molar-refractivity contribution >= 4 is 22.9 Å². The van der Waals surface area contributed by atoms with E-state index in [4.69, 9.17) is 23.4 Å². The number of methoxy groups -OCH3 is 1. The van der Waals surface area contributed by atoms with Crippen molar-refractivity contribution in [1.82, 2.24) is 9.88 Å². The van der Waals surface area contributed by atoms with Crippen LogP contribution in [0.5, 0.6) is 5.75 Å². The summed E-state index contributed by atoms with van der Waals surface area (Å²) in [5, 5.41) is 20.7. The second kappa shape index (κ2) is 12.5. The molecule has 3 fully saturated rings. The first-order valence-corrected chi connectivity index (χ1v) is 14.2. The van der Waals surface area contributed by atoms with Crippen molar-refractivity contribution in [1.29, 1.82) is 5.26 Å². The van der Waals surface area contributed by atoms with Crippen molar-refractivity contribution in [3.05, 3.63) is 66.4 Å². The van der Waals surface area contributed by atoms with Crippen molar-refractivity contribution in [2.75, 3.05) is 33.4 Å². The predicted molar refractivity (Wildman–Crippen MR) is 157 cm³/mol. The fraction of sp³-hybridized carbons (Fsp3) is 0.406. The number of nitrogens with zero attached hydrogens (tertiary/aromatic N) is 4. The standard InChI is InChI=1S/C32H34N4O6/c1-20(32(37)36-17-25-4-5-26(18-36)40-25)35-16-23(19-38-2)30-14-28-31(42-30)27(7-10-34-28)21-3-6-29(22(13-21)15-33)41-24-8-11-39-12-9-24/h3,6-7,10,13-14,16,19,24-26,32,37H,1,4-5,8-9,11-12,17-18H2,2H3/b23-19-,35-16-. The molecule has 3 atom stereocenters. The van der Waals surface area contributed by atoms with Crippen LogP contribution in [0.2, 0.25) is 0 Å². The Hall–Kier alpha value is -4.01. The molecule has 6 rings (SSSR count). The minimum absolute atomic E-state index is 0.0331. The highest BCUT2D eigenvalue weighted by Gasteiger charge is 2.36. The number of fused-ring (bicyclic) bond motifs is 3. The fourth-order valence-electron chi connectivity index (χ4n) is 5.72. The molecular weight excluding hydrogens is 536 g/mol. The Labute approximate surface area is 244 Å². The second-order valence-corrected chi connectivity index (χ2v) is 10.8. The van der Waals surface area contributed by atoms with Gasteiger partial charge in [-0.2, -0.15) is 5.26 Å². The summed E-state index contributed by atoms with van der Waals surface area (Å²) in [6, 6.07) is 11.5. The van der Waals surface area contributed by atoms with Gasteiger partial charge in [-0.25, -0.2) is 0 Å². The van der Waals surface area contributed by atoms with Gasteiger partial charge in [-0.3, -0.25) is 14.9 Å². The number of furan rings is 1. The summed E-state index contributed by atoms with van der Waals surface area (Å²) in [4.78, 5) is 10.9. The Morgan fingerprint density at radius 2 is 1.98 bits per heavy atom.